The average molecular weight is 292 g/mol. The van der Waals surface area contributed by atoms with Crippen molar-refractivity contribution in [3.63, 3.8) is 0 Å². The Hall–Kier alpha value is -2.14. The van der Waals surface area contributed by atoms with Gasteiger partial charge in [0.15, 0.2) is 6.29 Å². The van der Waals surface area contributed by atoms with Crippen LogP contribution >= 0.6 is 11.6 Å². The number of halogens is 1. The maximum atomic E-state index is 11.0. The molecule has 20 heavy (non-hydrogen) atoms. The third kappa shape index (κ3) is 3.45. The molecular formula is C14H14ClN3O2. The van der Waals surface area contributed by atoms with Crippen molar-refractivity contribution in [3.05, 3.63) is 41.3 Å². The molecule has 0 amide bonds. The third-order valence-electron chi connectivity index (χ3n) is 2.44. The van der Waals surface area contributed by atoms with E-state index in [-0.39, 0.29) is 16.8 Å². The predicted molar refractivity (Wildman–Crippen MR) is 77.9 cm³/mol. The standard InChI is InChI=1S/C14H14ClN3O2/c1-9(2)20-11-5-3-10(4-6-11)18-14-12(7-19)13(15)16-8-17-14/h3-9H,1-2H3,(H,16,17,18). The second-order valence-electron chi connectivity index (χ2n) is 4.36. The first-order valence-corrected chi connectivity index (χ1v) is 6.47. The van der Waals surface area contributed by atoms with Crippen molar-refractivity contribution >= 4 is 29.4 Å². The first kappa shape index (κ1) is 14.3. The Morgan fingerprint density at radius 1 is 1.25 bits per heavy atom. The summed E-state index contributed by atoms with van der Waals surface area (Å²) in [6.07, 6.45) is 2.05. The summed E-state index contributed by atoms with van der Waals surface area (Å²) in [6, 6.07) is 7.35. The number of carbonyl (C=O) groups is 1. The van der Waals surface area contributed by atoms with Crippen LogP contribution in [0.3, 0.4) is 0 Å². The van der Waals surface area contributed by atoms with Crippen LogP contribution in [0.2, 0.25) is 5.15 Å². The number of anilines is 2. The highest BCUT2D eigenvalue weighted by atomic mass is 35.5. The Balaban J connectivity index is 2.18. The van der Waals surface area contributed by atoms with Gasteiger partial charge in [0, 0.05) is 5.69 Å². The fraction of sp³-hybridized carbons (Fsp3) is 0.214. The van der Waals surface area contributed by atoms with Crippen molar-refractivity contribution in [2.24, 2.45) is 0 Å². The van der Waals surface area contributed by atoms with E-state index < -0.39 is 0 Å². The van der Waals surface area contributed by atoms with E-state index in [0.29, 0.717) is 12.1 Å². The molecule has 5 nitrogen and oxygen atoms in total. The molecule has 1 aromatic carbocycles. The highest BCUT2D eigenvalue weighted by Gasteiger charge is 2.09. The molecule has 104 valence electrons. The van der Waals surface area contributed by atoms with Gasteiger partial charge >= 0.3 is 0 Å². The largest absolute Gasteiger partial charge is 0.491 e. The molecule has 2 aromatic rings. The Morgan fingerprint density at radius 2 is 1.95 bits per heavy atom. The molecular weight excluding hydrogens is 278 g/mol. The molecule has 0 unspecified atom stereocenters. The zero-order valence-corrected chi connectivity index (χ0v) is 11.9. The molecule has 0 atom stereocenters. The minimum absolute atomic E-state index is 0.121. The predicted octanol–water partition coefficient (Wildman–Crippen LogP) is 3.47. The van der Waals surface area contributed by atoms with E-state index >= 15 is 0 Å². The van der Waals surface area contributed by atoms with Crippen LogP contribution in [0.1, 0.15) is 24.2 Å². The lowest BCUT2D eigenvalue weighted by Gasteiger charge is -2.11. The monoisotopic (exact) mass is 291 g/mol. The minimum Gasteiger partial charge on any atom is -0.491 e. The molecule has 0 saturated carbocycles. The summed E-state index contributed by atoms with van der Waals surface area (Å²) >= 11 is 5.84. The number of benzene rings is 1. The van der Waals surface area contributed by atoms with Crippen molar-refractivity contribution in [3.8, 4) is 5.75 Å². The van der Waals surface area contributed by atoms with Crippen LogP contribution in [0, 0.1) is 0 Å². The van der Waals surface area contributed by atoms with Gasteiger partial charge in [0.1, 0.15) is 23.0 Å². The van der Waals surface area contributed by atoms with E-state index in [1.807, 2.05) is 38.1 Å². The number of nitrogens with one attached hydrogen (secondary N) is 1. The summed E-state index contributed by atoms with van der Waals surface area (Å²) in [6.45, 7) is 3.93. The van der Waals surface area contributed by atoms with Gasteiger partial charge < -0.3 is 10.1 Å². The van der Waals surface area contributed by atoms with Crippen LogP contribution in [-0.2, 0) is 0 Å². The molecule has 1 heterocycles. The normalized spacial score (nSPS) is 10.4. The van der Waals surface area contributed by atoms with E-state index in [9.17, 15) is 4.79 Å². The van der Waals surface area contributed by atoms with E-state index in [1.54, 1.807) is 0 Å². The second-order valence-corrected chi connectivity index (χ2v) is 4.72. The van der Waals surface area contributed by atoms with Gasteiger partial charge in [-0.25, -0.2) is 9.97 Å². The number of nitrogens with zero attached hydrogens (tertiary/aromatic N) is 2. The highest BCUT2D eigenvalue weighted by Crippen LogP contribution is 2.23. The van der Waals surface area contributed by atoms with Crippen molar-refractivity contribution < 1.29 is 9.53 Å². The fourth-order valence-corrected chi connectivity index (χ4v) is 1.78. The van der Waals surface area contributed by atoms with Gasteiger partial charge in [0.05, 0.1) is 11.7 Å². The number of carbonyl (C=O) groups excluding carboxylic acids is 1. The van der Waals surface area contributed by atoms with Crippen molar-refractivity contribution in [2.75, 3.05) is 5.32 Å². The van der Waals surface area contributed by atoms with Crippen LogP contribution in [0.25, 0.3) is 0 Å². The van der Waals surface area contributed by atoms with Crippen molar-refractivity contribution in [1.29, 1.82) is 0 Å². The molecule has 0 radical (unpaired) electrons. The topological polar surface area (TPSA) is 64.1 Å². The van der Waals surface area contributed by atoms with Gasteiger partial charge in [-0.1, -0.05) is 11.6 Å². The molecule has 2 rings (SSSR count). The number of aldehydes is 1. The van der Waals surface area contributed by atoms with E-state index in [0.717, 1.165) is 11.4 Å². The van der Waals surface area contributed by atoms with E-state index in [1.165, 1.54) is 6.33 Å². The first-order valence-electron chi connectivity index (χ1n) is 6.09. The lowest BCUT2D eigenvalue weighted by Crippen LogP contribution is -2.05. The SMILES string of the molecule is CC(C)Oc1ccc(Nc2ncnc(Cl)c2C=O)cc1. The third-order valence-corrected chi connectivity index (χ3v) is 2.74. The average Bonchev–Trinajstić information content (AvgIpc) is 2.41. The zero-order valence-electron chi connectivity index (χ0n) is 11.1. The number of hydrogen-bond donors (Lipinski definition) is 1. The summed E-state index contributed by atoms with van der Waals surface area (Å²) < 4.78 is 5.55. The van der Waals surface area contributed by atoms with Crippen LogP contribution in [0.5, 0.6) is 5.75 Å². The van der Waals surface area contributed by atoms with E-state index in [2.05, 4.69) is 15.3 Å². The van der Waals surface area contributed by atoms with Gasteiger partial charge in [-0.3, -0.25) is 4.79 Å². The van der Waals surface area contributed by atoms with Gasteiger partial charge in [0.2, 0.25) is 0 Å². The lowest BCUT2D eigenvalue weighted by atomic mass is 10.2. The maximum Gasteiger partial charge on any atom is 0.156 e. The summed E-state index contributed by atoms with van der Waals surface area (Å²) in [4.78, 5) is 18.8. The summed E-state index contributed by atoms with van der Waals surface area (Å²) in [7, 11) is 0. The van der Waals surface area contributed by atoms with Crippen molar-refractivity contribution in [1.82, 2.24) is 9.97 Å². The molecule has 1 N–H and O–H groups in total. The summed E-state index contributed by atoms with van der Waals surface area (Å²) in [5.41, 5.74) is 1.01. The molecule has 1 aromatic heterocycles. The quantitative estimate of drug-likeness (QED) is 0.675. The molecule has 0 aliphatic carbocycles. The molecule has 0 spiro atoms. The first-order chi connectivity index (χ1) is 9.60. The Labute approximate surface area is 122 Å². The Bertz CT molecular complexity index is 600. The highest BCUT2D eigenvalue weighted by molar-refractivity contribution is 6.32. The van der Waals surface area contributed by atoms with Gasteiger partial charge in [-0.2, -0.15) is 0 Å². The fourth-order valence-electron chi connectivity index (χ4n) is 1.60. The molecule has 6 heteroatoms. The lowest BCUT2D eigenvalue weighted by molar-refractivity contribution is 0.112. The molecule has 0 fully saturated rings. The summed E-state index contributed by atoms with van der Waals surface area (Å²) in [5.74, 6) is 1.15. The van der Waals surface area contributed by atoms with Crippen LogP contribution in [-0.4, -0.2) is 22.4 Å². The van der Waals surface area contributed by atoms with Gasteiger partial charge in [-0.15, -0.1) is 0 Å². The van der Waals surface area contributed by atoms with E-state index in [4.69, 9.17) is 16.3 Å². The Morgan fingerprint density at radius 3 is 2.55 bits per heavy atom. The molecule has 0 aliphatic rings. The van der Waals surface area contributed by atoms with Crippen LogP contribution in [0.15, 0.2) is 30.6 Å². The maximum absolute atomic E-state index is 11.0. The Kier molecular flexibility index (Phi) is 4.53. The van der Waals surface area contributed by atoms with Gasteiger partial charge in [0.25, 0.3) is 0 Å². The minimum atomic E-state index is 0.121. The molecule has 0 saturated heterocycles. The zero-order chi connectivity index (χ0) is 14.5. The second kappa shape index (κ2) is 6.34. The van der Waals surface area contributed by atoms with Crippen LogP contribution in [0.4, 0.5) is 11.5 Å². The number of ether oxygens (including phenoxy) is 1. The molecule has 0 aliphatic heterocycles. The van der Waals surface area contributed by atoms with Gasteiger partial charge in [-0.05, 0) is 38.1 Å². The smallest absolute Gasteiger partial charge is 0.156 e. The number of rotatable bonds is 5. The number of aromatic nitrogens is 2. The summed E-state index contributed by atoms with van der Waals surface area (Å²) in [5, 5.41) is 3.14. The molecule has 0 bridgehead atoms. The van der Waals surface area contributed by atoms with Crippen molar-refractivity contribution in [2.45, 2.75) is 20.0 Å². The van der Waals surface area contributed by atoms with Crippen LogP contribution < -0.4 is 10.1 Å². The number of hydrogen-bond acceptors (Lipinski definition) is 5.